The molecule has 0 amide bonds. The van der Waals surface area contributed by atoms with E-state index in [4.69, 9.17) is 0 Å². The van der Waals surface area contributed by atoms with E-state index in [0.717, 1.165) is 6.54 Å². The van der Waals surface area contributed by atoms with E-state index >= 15 is 0 Å². The number of nitrogens with one attached hydrogen (secondary N) is 1. The molecule has 0 heterocycles. The van der Waals surface area contributed by atoms with Gasteiger partial charge < -0.3 is 5.32 Å². The smallest absolute Gasteiger partial charge is 0.150 e. The molecule has 0 rings (SSSR count). The first-order valence-electron chi connectivity index (χ1n) is 4.88. The van der Waals surface area contributed by atoms with Crippen molar-refractivity contribution in [3.05, 3.63) is 12.7 Å². The summed E-state index contributed by atoms with van der Waals surface area (Å²) in [5.41, 5.74) is -0.128. The highest BCUT2D eigenvalue weighted by Crippen LogP contribution is 2.22. The lowest BCUT2D eigenvalue weighted by atomic mass is 9.88. The van der Waals surface area contributed by atoms with Gasteiger partial charge in [0.25, 0.3) is 0 Å². The molecule has 0 aromatic carbocycles. The SMILES string of the molecule is C=CC(C)(CCS(=O)(=O)CC)CNC. The van der Waals surface area contributed by atoms with Crippen LogP contribution in [0.2, 0.25) is 0 Å². The molecule has 1 atom stereocenters. The molecule has 14 heavy (non-hydrogen) atoms. The van der Waals surface area contributed by atoms with Gasteiger partial charge in [-0.05, 0) is 18.9 Å². The lowest BCUT2D eigenvalue weighted by molar-refractivity contribution is 0.394. The van der Waals surface area contributed by atoms with E-state index in [1.165, 1.54) is 0 Å². The Morgan fingerprint density at radius 2 is 2.07 bits per heavy atom. The van der Waals surface area contributed by atoms with Crippen LogP contribution in [-0.2, 0) is 9.84 Å². The van der Waals surface area contributed by atoms with Gasteiger partial charge in [0.15, 0.2) is 0 Å². The van der Waals surface area contributed by atoms with Gasteiger partial charge in [-0.1, -0.05) is 19.9 Å². The normalized spacial score (nSPS) is 16.2. The van der Waals surface area contributed by atoms with Crippen LogP contribution in [0, 0.1) is 5.41 Å². The molecule has 0 aliphatic rings. The molecule has 0 saturated carbocycles. The molecule has 0 aromatic rings. The van der Waals surface area contributed by atoms with Crippen LogP contribution < -0.4 is 5.32 Å². The predicted octanol–water partition coefficient (Wildman–Crippen LogP) is 1.22. The third-order valence-corrected chi connectivity index (χ3v) is 4.20. The van der Waals surface area contributed by atoms with Gasteiger partial charge in [0.2, 0.25) is 0 Å². The van der Waals surface area contributed by atoms with Crippen molar-refractivity contribution in [3.63, 3.8) is 0 Å². The summed E-state index contributed by atoms with van der Waals surface area (Å²) in [6, 6.07) is 0. The molecule has 1 N–H and O–H groups in total. The third-order valence-electron chi connectivity index (χ3n) is 2.50. The molecular formula is C10H21NO2S. The molecule has 84 valence electrons. The van der Waals surface area contributed by atoms with E-state index < -0.39 is 9.84 Å². The zero-order valence-corrected chi connectivity index (χ0v) is 10.2. The number of hydrogen-bond donors (Lipinski definition) is 1. The van der Waals surface area contributed by atoms with Gasteiger partial charge in [-0.2, -0.15) is 0 Å². The molecule has 0 saturated heterocycles. The quantitative estimate of drug-likeness (QED) is 0.655. The van der Waals surface area contributed by atoms with Gasteiger partial charge in [0.05, 0.1) is 5.75 Å². The van der Waals surface area contributed by atoms with Crippen LogP contribution in [0.25, 0.3) is 0 Å². The number of rotatable bonds is 7. The third kappa shape index (κ3) is 4.77. The van der Waals surface area contributed by atoms with Gasteiger partial charge >= 0.3 is 0 Å². The Bertz CT molecular complexity index is 272. The molecule has 0 aliphatic carbocycles. The highest BCUT2D eigenvalue weighted by atomic mass is 32.2. The van der Waals surface area contributed by atoms with Crippen molar-refractivity contribution in [2.24, 2.45) is 5.41 Å². The maximum Gasteiger partial charge on any atom is 0.150 e. The van der Waals surface area contributed by atoms with E-state index in [-0.39, 0.29) is 16.9 Å². The summed E-state index contributed by atoms with van der Waals surface area (Å²) in [5.74, 6) is 0.466. The van der Waals surface area contributed by atoms with Gasteiger partial charge in [-0.3, -0.25) is 0 Å². The summed E-state index contributed by atoms with van der Waals surface area (Å²) in [6.45, 7) is 8.20. The molecule has 0 radical (unpaired) electrons. The van der Waals surface area contributed by atoms with Crippen LogP contribution in [0.1, 0.15) is 20.3 Å². The number of hydrogen-bond acceptors (Lipinski definition) is 3. The standard InChI is InChI=1S/C10H21NO2S/c1-5-10(3,9-11-4)7-8-14(12,13)6-2/h5,11H,1,6-9H2,2-4H3. The van der Waals surface area contributed by atoms with Crippen molar-refractivity contribution in [1.82, 2.24) is 5.32 Å². The highest BCUT2D eigenvalue weighted by Gasteiger charge is 2.21. The summed E-state index contributed by atoms with van der Waals surface area (Å²) in [4.78, 5) is 0. The zero-order chi connectivity index (χ0) is 11.2. The lowest BCUT2D eigenvalue weighted by Crippen LogP contribution is -2.30. The summed E-state index contributed by atoms with van der Waals surface area (Å²) in [5, 5.41) is 3.05. The Morgan fingerprint density at radius 1 is 1.50 bits per heavy atom. The van der Waals surface area contributed by atoms with Crippen LogP contribution in [0.3, 0.4) is 0 Å². The molecule has 4 heteroatoms. The Hall–Kier alpha value is -0.350. The van der Waals surface area contributed by atoms with E-state index in [1.54, 1.807) is 6.92 Å². The summed E-state index contributed by atoms with van der Waals surface area (Å²) < 4.78 is 22.6. The molecule has 0 aromatic heterocycles. The van der Waals surface area contributed by atoms with Gasteiger partial charge in [-0.25, -0.2) is 8.42 Å². The minimum Gasteiger partial charge on any atom is -0.319 e. The average Bonchev–Trinajstić information content (AvgIpc) is 2.16. The van der Waals surface area contributed by atoms with Crippen molar-refractivity contribution in [3.8, 4) is 0 Å². The fourth-order valence-electron chi connectivity index (χ4n) is 1.20. The van der Waals surface area contributed by atoms with Crippen LogP contribution in [0.4, 0.5) is 0 Å². The van der Waals surface area contributed by atoms with E-state index in [0.29, 0.717) is 6.42 Å². The summed E-state index contributed by atoms with van der Waals surface area (Å²) >= 11 is 0. The first-order chi connectivity index (χ1) is 6.39. The second-order valence-corrected chi connectivity index (χ2v) is 6.35. The Balaban J connectivity index is 4.28. The second-order valence-electron chi connectivity index (χ2n) is 3.87. The van der Waals surface area contributed by atoms with Crippen molar-refractivity contribution < 1.29 is 8.42 Å². The molecule has 0 spiro atoms. The van der Waals surface area contributed by atoms with Crippen LogP contribution in [0.15, 0.2) is 12.7 Å². The van der Waals surface area contributed by atoms with Crippen LogP contribution in [0.5, 0.6) is 0 Å². The Morgan fingerprint density at radius 3 is 2.43 bits per heavy atom. The first kappa shape index (κ1) is 13.7. The fraction of sp³-hybridized carbons (Fsp3) is 0.800. The van der Waals surface area contributed by atoms with E-state index in [2.05, 4.69) is 11.9 Å². The molecule has 0 fully saturated rings. The van der Waals surface area contributed by atoms with Crippen molar-refractivity contribution >= 4 is 9.84 Å². The van der Waals surface area contributed by atoms with Crippen LogP contribution >= 0.6 is 0 Å². The maximum atomic E-state index is 11.3. The van der Waals surface area contributed by atoms with Gasteiger partial charge in [0.1, 0.15) is 9.84 Å². The molecule has 3 nitrogen and oxygen atoms in total. The van der Waals surface area contributed by atoms with Gasteiger partial charge in [-0.15, -0.1) is 6.58 Å². The molecule has 0 aliphatic heterocycles. The van der Waals surface area contributed by atoms with E-state index in [1.807, 2.05) is 20.0 Å². The minimum absolute atomic E-state index is 0.128. The number of sulfone groups is 1. The summed E-state index contributed by atoms with van der Waals surface area (Å²) in [7, 11) is -0.999. The summed E-state index contributed by atoms with van der Waals surface area (Å²) in [6.07, 6.45) is 2.46. The molecule has 1 unspecified atom stereocenters. The van der Waals surface area contributed by atoms with E-state index in [9.17, 15) is 8.42 Å². The van der Waals surface area contributed by atoms with Crippen LogP contribution in [-0.4, -0.2) is 33.5 Å². The Labute approximate surface area is 87.5 Å². The molecular weight excluding hydrogens is 198 g/mol. The topological polar surface area (TPSA) is 46.2 Å². The van der Waals surface area contributed by atoms with Crippen molar-refractivity contribution in [2.75, 3.05) is 25.1 Å². The zero-order valence-electron chi connectivity index (χ0n) is 9.34. The molecule has 0 bridgehead atoms. The minimum atomic E-state index is -2.86. The van der Waals surface area contributed by atoms with Crippen molar-refractivity contribution in [2.45, 2.75) is 20.3 Å². The van der Waals surface area contributed by atoms with Gasteiger partial charge in [0, 0.05) is 12.3 Å². The first-order valence-corrected chi connectivity index (χ1v) is 6.70. The highest BCUT2D eigenvalue weighted by molar-refractivity contribution is 7.91. The maximum absolute atomic E-state index is 11.3. The lowest BCUT2D eigenvalue weighted by Gasteiger charge is -2.24. The predicted molar refractivity (Wildman–Crippen MR) is 61.2 cm³/mol. The van der Waals surface area contributed by atoms with Crippen molar-refractivity contribution in [1.29, 1.82) is 0 Å². The second kappa shape index (κ2) is 5.51. The average molecular weight is 219 g/mol. The monoisotopic (exact) mass is 219 g/mol. The fourth-order valence-corrected chi connectivity index (χ4v) is 2.27. The largest absolute Gasteiger partial charge is 0.319 e. The Kier molecular flexibility index (Phi) is 5.37.